The summed E-state index contributed by atoms with van der Waals surface area (Å²) in [5.74, 6) is 3.24. The summed E-state index contributed by atoms with van der Waals surface area (Å²) in [7, 11) is 1.89. The molecule has 2 aromatic heterocycles. The number of carboxylic acid groups (broad SMARTS) is 2. The lowest BCUT2D eigenvalue weighted by molar-refractivity contribution is -0.228. The summed E-state index contributed by atoms with van der Waals surface area (Å²) in [5, 5.41) is 23.7. The minimum Gasteiger partial charge on any atom is -0.480 e. The minimum absolute atomic E-state index is 0.0522. The smallest absolute Gasteiger partial charge is 0.480 e. The lowest BCUT2D eigenvalue weighted by Gasteiger charge is -2.53. The van der Waals surface area contributed by atoms with Crippen molar-refractivity contribution in [3.8, 4) is 17.7 Å². The van der Waals surface area contributed by atoms with Crippen LogP contribution in [0.5, 0.6) is 5.88 Å². The highest BCUT2D eigenvalue weighted by Gasteiger charge is 2.50. The number of aliphatic carboxylic acids is 2. The van der Waals surface area contributed by atoms with Gasteiger partial charge < -0.3 is 34.6 Å². The van der Waals surface area contributed by atoms with Crippen LogP contribution < -0.4 is 15.0 Å². The van der Waals surface area contributed by atoms with Crippen molar-refractivity contribution in [2.45, 2.75) is 50.2 Å². The number of ether oxygens (including phenoxy) is 3. The van der Waals surface area contributed by atoms with Gasteiger partial charge in [0.15, 0.2) is 0 Å². The van der Waals surface area contributed by atoms with E-state index < -0.39 is 24.2 Å². The first-order valence-electron chi connectivity index (χ1n) is 12.7. The third-order valence-corrected chi connectivity index (χ3v) is 7.27. The van der Waals surface area contributed by atoms with E-state index in [4.69, 9.17) is 24.1 Å². The molecule has 5 rings (SSSR count). The van der Waals surface area contributed by atoms with Crippen molar-refractivity contribution in [1.82, 2.24) is 20.1 Å². The zero-order valence-electron chi connectivity index (χ0n) is 22.6. The monoisotopic (exact) mass is 581 g/mol. The van der Waals surface area contributed by atoms with Crippen molar-refractivity contribution >= 4 is 17.6 Å². The second kappa shape index (κ2) is 11.9. The number of morpholine rings is 1. The van der Waals surface area contributed by atoms with Gasteiger partial charge in [0.2, 0.25) is 5.88 Å². The lowest BCUT2D eigenvalue weighted by atomic mass is 9.90. The fraction of sp³-hybridized carbons (Fsp3) is 0.538. The van der Waals surface area contributed by atoms with Gasteiger partial charge in [-0.3, -0.25) is 9.48 Å². The van der Waals surface area contributed by atoms with E-state index in [1.54, 1.807) is 17.1 Å². The molecular weight excluding hydrogens is 551 g/mol. The van der Waals surface area contributed by atoms with Crippen LogP contribution in [0, 0.1) is 18.8 Å². The number of hydrogen-bond acceptors (Lipinski definition) is 9. The first kappa shape index (κ1) is 30.1. The van der Waals surface area contributed by atoms with E-state index in [-0.39, 0.29) is 17.7 Å². The molecule has 3 fully saturated rings. The average Bonchev–Trinajstić information content (AvgIpc) is 3.49. The number of nitrogens with zero attached hydrogens (tertiary/aromatic N) is 4. The van der Waals surface area contributed by atoms with Crippen molar-refractivity contribution in [3.05, 3.63) is 35.3 Å². The summed E-state index contributed by atoms with van der Waals surface area (Å²) in [6.45, 7) is 6.93. The Hall–Kier alpha value is -3.87. The van der Waals surface area contributed by atoms with E-state index in [2.05, 4.69) is 39.1 Å². The second-order valence-corrected chi connectivity index (χ2v) is 9.92. The van der Waals surface area contributed by atoms with Crippen LogP contribution in [0.4, 0.5) is 18.9 Å². The normalized spacial score (nSPS) is 23.1. The molecule has 15 heteroatoms. The molecule has 3 N–H and O–H groups in total. The second-order valence-electron chi connectivity index (χ2n) is 9.92. The molecule has 0 aromatic carbocycles. The van der Waals surface area contributed by atoms with Crippen LogP contribution in [-0.4, -0.2) is 99.8 Å². The largest absolute Gasteiger partial charge is 0.490 e. The predicted molar refractivity (Wildman–Crippen MR) is 137 cm³/mol. The highest BCUT2D eigenvalue weighted by molar-refractivity contribution is 5.74. The van der Waals surface area contributed by atoms with Crippen LogP contribution in [0.25, 0.3) is 0 Å². The highest BCUT2D eigenvalue weighted by atomic mass is 19.4. The maximum absolute atomic E-state index is 11.3. The molecule has 0 saturated carbocycles. The van der Waals surface area contributed by atoms with Crippen molar-refractivity contribution in [2.75, 3.05) is 37.8 Å². The van der Waals surface area contributed by atoms with E-state index >= 15 is 0 Å². The number of alkyl halides is 3. The Morgan fingerprint density at radius 2 is 1.95 bits per heavy atom. The van der Waals surface area contributed by atoms with Crippen LogP contribution in [-0.2, 0) is 26.1 Å². The Morgan fingerprint density at radius 1 is 1.24 bits per heavy atom. The summed E-state index contributed by atoms with van der Waals surface area (Å²) >= 11 is 0. The quantitative estimate of drug-likeness (QED) is 0.450. The summed E-state index contributed by atoms with van der Waals surface area (Å²) < 4.78 is 51.3. The third-order valence-electron chi connectivity index (χ3n) is 7.27. The molecule has 3 aliphatic rings. The predicted octanol–water partition coefficient (Wildman–Crippen LogP) is 1.34. The number of pyridine rings is 1. The summed E-state index contributed by atoms with van der Waals surface area (Å²) in [6, 6.07) is 1.43. The van der Waals surface area contributed by atoms with Crippen molar-refractivity contribution in [1.29, 1.82) is 0 Å². The fourth-order valence-electron chi connectivity index (χ4n) is 4.61. The van der Waals surface area contributed by atoms with Gasteiger partial charge in [0.1, 0.15) is 23.4 Å². The maximum atomic E-state index is 11.3. The summed E-state index contributed by atoms with van der Waals surface area (Å²) in [6.07, 6.45) is -1.53. The van der Waals surface area contributed by atoms with E-state index in [1.807, 2.05) is 20.0 Å². The Bertz CT molecular complexity index is 1350. The molecule has 41 heavy (non-hydrogen) atoms. The zero-order chi connectivity index (χ0) is 29.9. The Morgan fingerprint density at radius 3 is 2.49 bits per heavy atom. The van der Waals surface area contributed by atoms with Crippen molar-refractivity contribution in [3.63, 3.8) is 0 Å². The van der Waals surface area contributed by atoms with Crippen LogP contribution in [0.3, 0.4) is 0 Å². The number of rotatable bonds is 4. The van der Waals surface area contributed by atoms with Crippen LogP contribution in [0.15, 0.2) is 18.5 Å². The number of aryl methyl sites for hydroxylation is 1. The number of aromatic nitrogens is 3. The van der Waals surface area contributed by atoms with E-state index in [0.29, 0.717) is 45.2 Å². The molecule has 0 radical (unpaired) electrons. The molecule has 5 heterocycles. The van der Waals surface area contributed by atoms with Gasteiger partial charge in [0.25, 0.3) is 0 Å². The summed E-state index contributed by atoms with van der Waals surface area (Å²) in [4.78, 5) is 27.1. The summed E-state index contributed by atoms with van der Waals surface area (Å²) in [5.41, 5.74) is 3.11. The number of anilines is 1. The topological polar surface area (TPSA) is 148 Å². The number of carboxylic acids is 2. The maximum Gasteiger partial charge on any atom is 0.490 e. The van der Waals surface area contributed by atoms with Gasteiger partial charge in [-0.2, -0.15) is 18.3 Å². The van der Waals surface area contributed by atoms with E-state index in [9.17, 15) is 23.1 Å². The number of carbonyl (C=O) groups is 2. The van der Waals surface area contributed by atoms with Crippen LogP contribution >= 0.6 is 0 Å². The number of halogens is 3. The molecule has 0 aliphatic carbocycles. The fourth-order valence-corrected chi connectivity index (χ4v) is 4.61. The van der Waals surface area contributed by atoms with Crippen molar-refractivity contribution < 1.29 is 47.2 Å². The molecule has 3 aliphatic heterocycles. The average molecular weight is 582 g/mol. The van der Waals surface area contributed by atoms with Gasteiger partial charge in [0.05, 0.1) is 43.3 Å². The minimum atomic E-state index is -5.08. The molecule has 3 atom stereocenters. The van der Waals surface area contributed by atoms with Gasteiger partial charge in [-0.25, -0.2) is 9.78 Å². The van der Waals surface area contributed by atoms with E-state index in [1.165, 1.54) is 0 Å². The molecule has 222 valence electrons. The number of hydrogen-bond donors (Lipinski definition) is 3. The first-order chi connectivity index (χ1) is 19.3. The first-order valence-corrected chi connectivity index (χ1v) is 12.7. The Balaban J connectivity index is 0.000000493. The molecule has 1 spiro atoms. The molecule has 0 amide bonds. The molecule has 12 nitrogen and oxygen atoms in total. The molecule has 3 saturated heterocycles. The molecule has 2 aromatic rings. The lowest BCUT2D eigenvalue weighted by Crippen LogP contribution is -2.68. The number of nitrogens with one attached hydrogen (secondary N) is 1. The van der Waals surface area contributed by atoms with Gasteiger partial charge >= 0.3 is 18.1 Å². The van der Waals surface area contributed by atoms with Gasteiger partial charge in [-0.05, 0) is 19.9 Å². The van der Waals surface area contributed by atoms with Gasteiger partial charge in [0, 0.05) is 38.3 Å². The van der Waals surface area contributed by atoms with Crippen LogP contribution in [0.1, 0.15) is 30.2 Å². The van der Waals surface area contributed by atoms with Gasteiger partial charge in [-0.15, -0.1) is 0 Å². The third kappa shape index (κ3) is 6.72. The molecule has 0 bridgehead atoms. The highest BCUT2D eigenvalue weighted by Crippen LogP contribution is 2.38. The Kier molecular flexibility index (Phi) is 8.76. The van der Waals surface area contributed by atoms with Crippen LogP contribution in [0.2, 0.25) is 0 Å². The van der Waals surface area contributed by atoms with E-state index in [0.717, 1.165) is 22.5 Å². The Labute approximate surface area is 233 Å². The standard InChI is InChI=1S/C24H29N5O5.C2HF3O2/c1-15-18(11-27-28(15)3)5-4-17-8-21(29-6-7-33-24(16(29)2)13-32-14-24)22(26-10-17)34-19-9-20(23(30)31)25-12-19;3-2(4,5)1(6)7/h8,10-11,16,19-20,25H,6-7,9,12-14H2,1-3H3,(H,30,31);(H,6,7)/t16-,19-,20-;/m0./s1. The molecular formula is C26H30F3N5O7. The zero-order valence-corrected chi connectivity index (χ0v) is 22.6. The van der Waals surface area contributed by atoms with Gasteiger partial charge in [-0.1, -0.05) is 11.8 Å². The van der Waals surface area contributed by atoms with Crippen molar-refractivity contribution in [2.24, 2.45) is 7.05 Å². The molecule has 0 unspecified atom stereocenters. The SMILES string of the molecule is Cc1c(C#Cc2cnc(O[C@@H]3CN[C@H](C(=O)O)C3)c(N3CCOC4(COC4)[C@@H]3C)c2)cnn1C.O=C(O)C(F)(F)F.